The van der Waals surface area contributed by atoms with Gasteiger partial charge in [-0.2, -0.15) is 0 Å². The Balaban J connectivity index is 2.57. The monoisotopic (exact) mass is 269 g/mol. The molecule has 0 spiro atoms. The highest BCUT2D eigenvalue weighted by atomic mass is 16.4. The van der Waals surface area contributed by atoms with Gasteiger partial charge in [-0.05, 0) is 39.5 Å². The van der Waals surface area contributed by atoms with E-state index >= 15 is 0 Å². The van der Waals surface area contributed by atoms with Gasteiger partial charge in [-0.25, -0.2) is 0 Å². The molecule has 4 nitrogen and oxygen atoms in total. The van der Waals surface area contributed by atoms with Gasteiger partial charge in [0.25, 0.3) is 0 Å². The number of nitrogens with zero attached hydrogens (tertiary/aromatic N) is 1. The first kappa shape index (κ1) is 16.0. The molecule has 0 atom stereocenters. The number of aliphatic carboxylic acids is 1. The summed E-state index contributed by atoms with van der Waals surface area (Å²) in [7, 11) is 0. The van der Waals surface area contributed by atoms with E-state index in [9.17, 15) is 9.59 Å². The number of rotatable bonds is 5. The molecule has 1 amide bonds. The smallest absolute Gasteiger partial charge is 0.305 e. The predicted molar refractivity (Wildman–Crippen MR) is 74.9 cm³/mol. The maximum Gasteiger partial charge on any atom is 0.305 e. The molecule has 4 heteroatoms. The number of carboxylic acids is 1. The second-order valence-electron chi connectivity index (χ2n) is 6.57. The van der Waals surface area contributed by atoms with Crippen LogP contribution in [0.25, 0.3) is 0 Å². The zero-order chi connectivity index (χ0) is 14.5. The van der Waals surface area contributed by atoms with Gasteiger partial charge in [-0.15, -0.1) is 0 Å². The lowest BCUT2D eigenvalue weighted by atomic mass is 9.86. The third-order valence-corrected chi connectivity index (χ3v) is 3.85. The van der Waals surface area contributed by atoms with Gasteiger partial charge in [0, 0.05) is 18.5 Å². The van der Waals surface area contributed by atoms with Crippen molar-refractivity contribution in [2.45, 2.75) is 71.3 Å². The molecule has 0 aliphatic heterocycles. The Bertz CT molecular complexity index is 314. The van der Waals surface area contributed by atoms with Gasteiger partial charge in [0.1, 0.15) is 0 Å². The minimum absolute atomic E-state index is 0.0215. The Morgan fingerprint density at radius 1 is 1.16 bits per heavy atom. The molecule has 0 radical (unpaired) electrons. The number of hydrogen-bond donors (Lipinski definition) is 1. The number of carboxylic acid groups (broad SMARTS) is 1. The van der Waals surface area contributed by atoms with Crippen molar-refractivity contribution in [1.82, 2.24) is 4.90 Å². The first-order valence-corrected chi connectivity index (χ1v) is 7.33. The molecule has 110 valence electrons. The van der Waals surface area contributed by atoms with Crippen molar-refractivity contribution in [2.75, 3.05) is 6.54 Å². The Morgan fingerprint density at radius 3 is 2.21 bits per heavy atom. The van der Waals surface area contributed by atoms with Crippen molar-refractivity contribution in [3.05, 3.63) is 0 Å². The van der Waals surface area contributed by atoms with Crippen LogP contribution in [-0.2, 0) is 9.59 Å². The summed E-state index contributed by atoms with van der Waals surface area (Å²) in [6.07, 6.45) is 6.62. The van der Waals surface area contributed by atoms with Crippen LogP contribution < -0.4 is 0 Å². The summed E-state index contributed by atoms with van der Waals surface area (Å²) in [5.74, 6) is -0.240. The molecule has 19 heavy (non-hydrogen) atoms. The van der Waals surface area contributed by atoms with E-state index in [-0.39, 0.29) is 17.9 Å². The van der Waals surface area contributed by atoms with Gasteiger partial charge in [0.15, 0.2) is 0 Å². The van der Waals surface area contributed by atoms with Gasteiger partial charge in [-0.1, -0.05) is 19.3 Å². The third kappa shape index (κ3) is 5.62. The van der Waals surface area contributed by atoms with E-state index in [4.69, 9.17) is 5.11 Å². The molecular weight excluding hydrogens is 242 g/mol. The molecule has 0 saturated heterocycles. The minimum atomic E-state index is -0.847. The zero-order valence-electron chi connectivity index (χ0n) is 12.4. The van der Waals surface area contributed by atoms with E-state index in [1.165, 1.54) is 19.3 Å². The molecule has 1 rings (SSSR count). The molecule has 1 saturated carbocycles. The molecule has 0 bridgehead atoms. The molecule has 0 heterocycles. The maximum atomic E-state index is 12.4. The molecule has 1 N–H and O–H groups in total. The molecule has 1 fully saturated rings. The summed E-state index contributed by atoms with van der Waals surface area (Å²) in [4.78, 5) is 24.8. The van der Waals surface area contributed by atoms with Crippen LogP contribution in [0.4, 0.5) is 0 Å². The maximum absolute atomic E-state index is 12.4. The molecule has 0 aromatic rings. The standard InChI is InChI=1S/C15H27NO3/c1-15(2,3)16(10-9-14(18)19)13(17)11-12-7-5-4-6-8-12/h12H,4-11H2,1-3H3,(H,18,19). The van der Waals surface area contributed by atoms with Crippen LogP contribution in [0.5, 0.6) is 0 Å². The minimum Gasteiger partial charge on any atom is -0.481 e. The number of hydrogen-bond acceptors (Lipinski definition) is 2. The molecule has 0 unspecified atom stereocenters. The summed E-state index contributed by atoms with van der Waals surface area (Å²) in [5.41, 5.74) is -0.304. The van der Waals surface area contributed by atoms with Crippen molar-refractivity contribution in [1.29, 1.82) is 0 Å². The lowest BCUT2D eigenvalue weighted by Crippen LogP contribution is -2.47. The van der Waals surface area contributed by atoms with Crippen molar-refractivity contribution in [3.8, 4) is 0 Å². The number of carbonyl (C=O) groups is 2. The number of carbonyl (C=O) groups excluding carboxylic acids is 1. The summed E-state index contributed by atoms with van der Waals surface area (Å²) >= 11 is 0. The van der Waals surface area contributed by atoms with E-state index in [1.54, 1.807) is 4.90 Å². The average molecular weight is 269 g/mol. The third-order valence-electron chi connectivity index (χ3n) is 3.85. The van der Waals surface area contributed by atoms with Gasteiger partial charge in [0.2, 0.25) is 5.91 Å². The van der Waals surface area contributed by atoms with E-state index in [1.807, 2.05) is 20.8 Å². The fraction of sp³-hybridized carbons (Fsp3) is 0.867. The highest BCUT2D eigenvalue weighted by molar-refractivity contribution is 5.78. The van der Waals surface area contributed by atoms with Gasteiger partial charge >= 0.3 is 5.97 Å². The van der Waals surface area contributed by atoms with Crippen LogP contribution in [0.2, 0.25) is 0 Å². The molecule has 1 aliphatic rings. The average Bonchev–Trinajstić information content (AvgIpc) is 2.28. The number of amides is 1. The van der Waals surface area contributed by atoms with Crippen LogP contribution in [0.3, 0.4) is 0 Å². The highest BCUT2D eigenvalue weighted by Crippen LogP contribution is 2.28. The lowest BCUT2D eigenvalue weighted by molar-refractivity contribution is -0.141. The summed E-state index contributed by atoms with van der Waals surface area (Å²) in [6.45, 7) is 6.21. The fourth-order valence-electron chi connectivity index (χ4n) is 2.79. The molecule has 1 aliphatic carbocycles. The Labute approximate surface area is 116 Å². The van der Waals surface area contributed by atoms with Crippen LogP contribution in [0.15, 0.2) is 0 Å². The van der Waals surface area contributed by atoms with Crippen LogP contribution in [-0.4, -0.2) is 34.0 Å². The molecule has 0 aromatic carbocycles. The van der Waals surface area contributed by atoms with Crippen molar-refractivity contribution in [2.24, 2.45) is 5.92 Å². The largest absolute Gasteiger partial charge is 0.481 e. The Kier molecular flexibility index (Phi) is 5.83. The van der Waals surface area contributed by atoms with E-state index < -0.39 is 5.97 Å². The van der Waals surface area contributed by atoms with Crippen molar-refractivity contribution in [3.63, 3.8) is 0 Å². The van der Waals surface area contributed by atoms with Gasteiger partial charge in [-0.3, -0.25) is 9.59 Å². The topological polar surface area (TPSA) is 57.6 Å². The van der Waals surface area contributed by atoms with E-state index in [2.05, 4.69) is 0 Å². The lowest BCUT2D eigenvalue weighted by Gasteiger charge is -2.37. The van der Waals surface area contributed by atoms with Crippen LogP contribution in [0, 0.1) is 5.92 Å². The first-order chi connectivity index (χ1) is 8.80. The van der Waals surface area contributed by atoms with E-state index in [0.717, 1.165) is 12.8 Å². The van der Waals surface area contributed by atoms with Crippen LogP contribution in [0.1, 0.15) is 65.7 Å². The zero-order valence-corrected chi connectivity index (χ0v) is 12.4. The van der Waals surface area contributed by atoms with Gasteiger partial charge in [0.05, 0.1) is 6.42 Å². The predicted octanol–water partition coefficient (Wildman–Crippen LogP) is 3.06. The second kappa shape index (κ2) is 6.92. The Hall–Kier alpha value is -1.06. The SMILES string of the molecule is CC(C)(C)N(CCC(=O)O)C(=O)CC1CCCCC1. The second-order valence-corrected chi connectivity index (χ2v) is 6.57. The normalized spacial score (nSPS) is 17.2. The van der Waals surface area contributed by atoms with Crippen molar-refractivity contribution >= 4 is 11.9 Å². The molecule has 0 aromatic heterocycles. The first-order valence-electron chi connectivity index (χ1n) is 7.33. The van der Waals surface area contributed by atoms with E-state index in [0.29, 0.717) is 18.9 Å². The Morgan fingerprint density at radius 2 is 1.74 bits per heavy atom. The fourth-order valence-corrected chi connectivity index (χ4v) is 2.79. The quantitative estimate of drug-likeness (QED) is 0.834. The van der Waals surface area contributed by atoms with Gasteiger partial charge < -0.3 is 10.0 Å². The van der Waals surface area contributed by atoms with Crippen LogP contribution >= 0.6 is 0 Å². The summed E-state index contributed by atoms with van der Waals surface area (Å²) in [6, 6.07) is 0. The summed E-state index contributed by atoms with van der Waals surface area (Å²) < 4.78 is 0. The summed E-state index contributed by atoms with van der Waals surface area (Å²) in [5, 5.41) is 8.79. The molecular formula is C15H27NO3. The highest BCUT2D eigenvalue weighted by Gasteiger charge is 2.28. The van der Waals surface area contributed by atoms with Crippen molar-refractivity contribution < 1.29 is 14.7 Å².